The third-order valence-electron chi connectivity index (χ3n) is 1.41. The van der Waals surface area contributed by atoms with Crippen molar-refractivity contribution in [3.63, 3.8) is 0 Å². The highest BCUT2D eigenvalue weighted by atomic mass is 35.5. The summed E-state index contributed by atoms with van der Waals surface area (Å²) in [7, 11) is 0. The van der Waals surface area contributed by atoms with Crippen molar-refractivity contribution >= 4 is 46.9 Å². The second kappa shape index (κ2) is 3.24. The summed E-state index contributed by atoms with van der Waals surface area (Å²) < 4.78 is 17.9. The van der Waals surface area contributed by atoms with Crippen molar-refractivity contribution in [3.05, 3.63) is 10.4 Å². The molecule has 1 aliphatic heterocycles. The van der Waals surface area contributed by atoms with Gasteiger partial charge in [0, 0.05) is 11.9 Å². The summed E-state index contributed by atoms with van der Waals surface area (Å²) in [6, 6.07) is 1.75. The van der Waals surface area contributed by atoms with E-state index in [9.17, 15) is 4.39 Å². The fourth-order valence-electron chi connectivity index (χ4n) is 0.888. The first-order valence-corrected chi connectivity index (χ1v) is 5.10. The van der Waals surface area contributed by atoms with Crippen molar-refractivity contribution in [1.82, 2.24) is 0 Å². The standard InChI is InChI=1S/C6H4ClFN2S2/c7-5-1-4-6(11-5)12-9-3-10(4)2-8/h1,3H,2H2. The van der Waals surface area contributed by atoms with Gasteiger partial charge in [0.05, 0.1) is 10.0 Å². The Morgan fingerprint density at radius 3 is 3.25 bits per heavy atom. The Kier molecular flexibility index (Phi) is 2.25. The zero-order chi connectivity index (χ0) is 8.55. The fraction of sp³-hybridized carbons (Fsp3) is 0.167. The average molecular weight is 223 g/mol. The molecule has 0 aliphatic carbocycles. The van der Waals surface area contributed by atoms with Gasteiger partial charge >= 0.3 is 0 Å². The minimum absolute atomic E-state index is 0.565. The summed E-state index contributed by atoms with van der Waals surface area (Å²) in [4.78, 5) is 1.42. The van der Waals surface area contributed by atoms with Gasteiger partial charge in [0.25, 0.3) is 0 Å². The summed E-state index contributed by atoms with van der Waals surface area (Å²) in [6.45, 7) is -0.565. The molecule has 1 aliphatic rings. The maximum absolute atomic E-state index is 12.4. The van der Waals surface area contributed by atoms with E-state index in [-0.39, 0.29) is 0 Å². The molecule has 0 saturated heterocycles. The quantitative estimate of drug-likeness (QED) is 0.536. The Morgan fingerprint density at radius 1 is 1.67 bits per heavy atom. The Morgan fingerprint density at radius 2 is 2.50 bits per heavy atom. The number of fused-ring (bicyclic) bond motifs is 1. The SMILES string of the molecule is FCN1C=NSc2sc(Cl)cc21. The molecule has 6 heteroatoms. The van der Waals surface area contributed by atoms with E-state index in [1.54, 1.807) is 6.07 Å². The lowest BCUT2D eigenvalue weighted by Gasteiger charge is -2.17. The number of hydrogen-bond acceptors (Lipinski definition) is 4. The lowest BCUT2D eigenvalue weighted by Crippen LogP contribution is -2.20. The van der Waals surface area contributed by atoms with Crippen LogP contribution in [0.1, 0.15) is 0 Å². The lowest BCUT2D eigenvalue weighted by atomic mass is 10.5. The first-order valence-electron chi connectivity index (χ1n) is 3.13. The Labute approximate surface area is 82.2 Å². The predicted octanol–water partition coefficient (Wildman–Crippen LogP) is 3.18. The van der Waals surface area contributed by atoms with Crippen molar-refractivity contribution < 1.29 is 4.39 Å². The minimum atomic E-state index is -0.565. The molecule has 1 aromatic rings. The molecule has 0 radical (unpaired) electrons. The third-order valence-corrected chi connectivity index (χ3v) is 3.51. The number of anilines is 1. The van der Waals surface area contributed by atoms with Crippen molar-refractivity contribution in [2.75, 3.05) is 11.7 Å². The third kappa shape index (κ3) is 1.32. The van der Waals surface area contributed by atoms with Crippen LogP contribution < -0.4 is 4.90 Å². The molecule has 0 N–H and O–H groups in total. The van der Waals surface area contributed by atoms with Crippen LogP contribution in [0.15, 0.2) is 14.7 Å². The van der Waals surface area contributed by atoms with Crippen LogP contribution in [0.4, 0.5) is 10.1 Å². The van der Waals surface area contributed by atoms with Crippen molar-refractivity contribution in [2.45, 2.75) is 4.21 Å². The van der Waals surface area contributed by atoms with Crippen LogP contribution in [-0.2, 0) is 0 Å². The maximum Gasteiger partial charge on any atom is 0.166 e. The number of hydrogen-bond donors (Lipinski definition) is 0. The highest BCUT2D eigenvalue weighted by Crippen LogP contribution is 2.42. The summed E-state index contributed by atoms with van der Waals surface area (Å²) >= 11 is 8.51. The fourth-order valence-corrected chi connectivity index (χ4v) is 3.06. The number of halogens is 2. The van der Waals surface area contributed by atoms with E-state index in [2.05, 4.69) is 4.40 Å². The molecule has 64 valence electrons. The molecule has 12 heavy (non-hydrogen) atoms. The molecular weight excluding hydrogens is 219 g/mol. The normalized spacial score (nSPS) is 15.0. The number of alkyl halides is 1. The Hall–Kier alpha value is -0.260. The minimum Gasteiger partial charge on any atom is -0.301 e. The molecular formula is C6H4ClFN2S2. The summed E-state index contributed by atoms with van der Waals surface area (Å²) in [5.41, 5.74) is 0.813. The van der Waals surface area contributed by atoms with Gasteiger partial charge in [0.1, 0.15) is 10.5 Å². The Bertz CT molecular complexity index is 325. The van der Waals surface area contributed by atoms with Crippen molar-refractivity contribution in [1.29, 1.82) is 0 Å². The molecule has 2 rings (SSSR count). The zero-order valence-corrected chi connectivity index (χ0v) is 8.22. The van der Waals surface area contributed by atoms with Gasteiger partial charge in [0.2, 0.25) is 0 Å². The largest absolute Gasteiger partial charge is 0.301 e. The maximum atomic E-state index is 12.4. The summed E-state index contributed by atoms with van der Waals surface area (Å²) in [5.74, 6) is 0. The molecule has 0 saturated carbocycles. The second-order valence-corrected chi connectivity index (χ2v) is 4.87. The monoisotopic (exact) mass is 222 g/mol. The number of nitrogens with zero attached hydrogens (tertiary/aromatic N) is 2. The van der Waals surface area contributed by atoms with E-state index in [1.165, 1.54) is 34.5 Å². The topological polar surface area (TPSA) is 15.6 Å². The van der Waals surface area contributed by atoms with E-state index < -0.39 is 6.80 Å². The van der Waals surface area contributed by atoms with E-state index in [0.717, 1.165) is 9.90 Å². The van der Waals surface area contributed by atoms with Crippen LogP contribution in [0.25, 0.3) is 0 Å². The molecule has 0 bridgehead atoms. The predicted molar refractivity (Wildman–Crippen MR) is 52.1 cm³/mol. The van der Waals surface area contributed by atoms with Gasteiger partial charge in [-0.25, -0.2) is 8.79 Å². The Balaban J connectivity index is 2.42. The molecule has 2 heterocycles. The molecule has 1 aromatic heterocycles. The first-order chi connectivity index (χ1) is 5.81. The van der Waals surface area contributed by atoms with E-state index in [4.69, 9.17) is 11.6 Å². The van der Waals surface area contributed by atoms with Crippen LogP contribution in [0.5, 0.6) is 0 Å². The lowest BCUT2D eigenvalue weighted by molar-refractivity contribution is 0.509. The highest BCUT2D eigenvalue weighted by Gasteiger charge is 2.17. The smallest absolute Gasteiger partial charge is 0.166 e. The molecule has 0 atom stereocenters. The first kappa shape index (κ1) is 8.34. The highest BCUT2D eigenvalue weighted by molar-refractivity contribution is 8.00. The van der Waals surface area contributed by atoms with Crippen LogP contribution >= 0.6 is 34.9 Å². The van der Waals surface area contributed by atoms with Crippen molar-refractivity contribution in [2.24, 2.45) is 4.40 Å². The van der Waals surface area contributed by atoms with Crippen LogP contribution in [-0.4, -0.2) is 13.1 Å². The average Bonchev–Trinajstić information content (AvgIpc) is 2.44. The van der Waals surface area contributed by atoms with Gasteiger partial charge in [-0.1, -0.05) is 11.6 Å². The van der Waals surface area contributed by atoms with Crippen LogP contribution in [0, 0.1) is 0 Å². The zero-order valence-electron chi connectivity index (χ0n) is 5.83. The van der Waals surface area contributed by atoms with E-state index in [1.807, 2.05) is 0 Å². The number of thiophene rings is 1. The molecule has 0 aromatic carbocycles. The summed E-state index contributed by atoms with van der Waals surface area (Å²) in [5, 5.41) is 0. The molecule has 0 spiro atoms. The number of rotatable bonds is 1. The van der Waals surface area contributed by atoms with Gasteiger partial charge < -0.3 is 4.90 Å². The van der Waals surface area contributed by atoms with Crippen molar-refractivity contribution in [3.8, 4) is 0 Å². The second-order valence-electron chi connectivity index (χ2n) is 2.12. The van der Waals surface area contributed by atoms with Crippen LogP contribution in [0.3, 0.4) is 0 Å². The molecule has 0 amide bonds. The van der Waals surface area contributed by atoms with Gasteiger partial charge in [-0.3, -0.25) is 0 Å². The summed E-state index contributed by atoms with van der Waals surface area (Å²) in [6.07, 6.45) is 1.47. The van der Waals surface area contributed by atoms with Gasteiger partial charge in [-0.05, 0) is 6.07 Å². The van der Waals surface area contributed by atoms with Gasteiger partial charge in [0.15, 0.2) is 6.80 Å². The molecule has 0 unspecified atom stereocenters. The molecule has 0 fully saturated rings. The van der Waals surface area contributed by atoms with E-state index in [0.29, 0.717) is 4.34 Å². The van der Waals surface area contributed by atoms with Crippen LogP contribution in [0.2, 0.25) is 4.34 Å². The van der Waals surface area contributed by atoms with E-state index >= 15 is 0 Å². The van der Waals surface area contributed by atoms with Gasteiger partial charge in [-0.2, -0.15) is 0 Å². The molecule has 2 nitrogen and oxygen atoms in total. The van der Waals surface area contributed by atoms with Gasteiger partial charge in [-0.15, -0.1) is 11.3 Å².